The van der Waals surface area contributed by atoms with E-state index in [1.807, 2.05) is 18.2 Å². The van der Waals surface area contributed by atoms with Gasteiger partial charge in [0.2, 0.25) is 0 Å². The standard InChI is InChI=1S/C9H8BrNS/c10-8-3-1-4-9(7-8)12-6-2-5-11/h1,3-4,7H,2,6H2. The molecule has 3 heteroatoms. The van der Waals surface area contributed by atoms with Crippen LogP contribution in [0.1, 0.15) is 6.42 Å². The molecule has 0 spiro atoms. The SMILES string of the molecule is N#CCCSc1cccc(Br)c1. The Morgan fingerprint density at radius 2 is 2.33 bits per heavy atom. The van der Waals surface area contributed by atoms with Gasteiger partial charge in [-0.25, -0.2) is 0 Å². The van der Waals surface area contributed by atoms with Crippen molar-refractivity contribution in [2.45, 2.75) is 11.3 Å². The molecular formula is C9H8BrNS. The van der Waals surface area contributed by atoms with Gasteiger partial charge in [-0.15, -0.1) is 11.8 Å². The first-order chi connectivity index (χ1) is 5.83. The second-order valence-electron chi connectivity index (χ2n) is 2.21. The lowest BCUT2D eigenvalue weighted by atomic mass is 10.4. The fraction of sp³-hybridized carbons (Fsp3) is 0.222. The maximum atomic E-state index is 8.33. The van der Waals surface area contributed by atoms with Crippen molar-refractivity contribution >= 4 is 27.7 Å². The summed E-state index contributed by atoms with van der Waals surface area (Å²) in [6, 6.07) is 10.2. The van der Waals surface area contributed by atoms with Crippen LogP contribution in [-0.2, 0) is 0 Å². The summed E-state index contributed by atoms with van der Waals surface area (Å²) >= 11 is 5.10. The molecule has 0 heterocycles. The largest absolute Gasteiger partial charge is 0.198 e. The predicted octanol–water partition coefficient (Wildman–Crippen LogP) is 3.45. The molecule has 0 saturated carbocycles. The number of nitriles is 1. The van der Waals surface area contributed by atoms with Gasteiger partial charge in [-0.2, -0.15) is 5.26 Å². The van der Waals surface area contributed by atoms with Gasteiger partial charge in [-0.05, 0) is 18.2 Å². The number of nitrogens with zero attached hydrogens (tertiary/aromatic N) is 1. The Hall–Kier alpha value is -0.460. The Balaban J connectivity index is 2.48. The summed E-state index contributed by atoms with van der Waals surface area (Å²) in [7, 11) is 0. The minimum Gasteiger partial charge on any atom is -0.198 e. The maximum absolute atomic E-state index is 8.33. The van der Waals surface area contributed by atoms with E-state index in [2.05, 4.69) is 28.1 Å². The van der Waals surface area contributed by atoms with Crippen molar-refractivity contribution in [3.8, 4) is 6.07 Å². The van der Waals surface area contributed by atoms with Crippen LogP contribution in [0, 0.1) is 11.3 Å². The number of benzene rings is 1. The molecule has 1 aromatic rings. The van der Waals surface area contributed by atoms with E-state index in [1.54, 1.807) is 11.8 Å². The molecule has 0 aliphatic heterocycles. The van der Waals surface area contributed by atoms with E-state index in [1.165, 1.54) is 4.90 Å². The quantitative estimate of drug-likeness (QED) is 0.598. The van der Waals surface area contributed by atoms with Crippen LogP contribution < -0.4 is 0 Å². The maximum Gasteiger partial charge on any atom is 0.0630 e. The van der Waals surface area contributed by atoms with Gasteiger partial charge < -0.3 is 0 Å². The molecule has 0 radical (unpaired) electrons. The fourth-order valence-corrected chi connectivity index (χ4v) is 2.14. The molecule has 0 aromatic heterocycles. The Morgan fingerprint density at radius 1 is 1.50 bits per heavy atom. The van der Waals surface area contributed by atoms with Gasteiger partial charge >= 0.3 is 0 Å². The van der Waals surface area contributed by atoms with Crippen molar-refractivity contribution in [3.05, 3.63) is 28.7 Å². The lowest BCUT2D eigenvalue weighted by molar-refractivity contribution is 1.23. The first-order valence-electron chi connectivity index (χ1n) is 3.58. The summed E-state index contributed by atoms with van der Waals surface area (Å²) in [5, 5.41) is 8.33. The van der Waals surface area contributed by atoms with E-state index in [0.717, 1.165) is 10.2 Å². The Labute approximate surface area is 84.9 Å². The summed E-state index contributed by atoms with van der Waals surface area (Å²) in [6.07, 6.45) is 0.608. The highest BCUT2D eigenvalue weighted by atomic mass is 79.9. The van der Waals surface area contributed by atoms with E-state index in [9.17, 15) is 0 Å². The van der Waals surface area contributed by atoms with Crippen molar-refractivity contribution in [1.29, 1.82) is 5.26 Å². The van der Waals surface area contributed by atoms with Crippen molar-refractivity contribution in [2.75, 3.05) is 5.75 Å². The number of hydrogen-bond acceptors (Lipinski definition) is 2. The predicted molar refractivity (Wildman–Crippen MR) is 55.1 cm³/mol. The Morgan fingerprint density at radius 3 is 3.00 bits per heavy atom. The third-order valence-electron chi connectivity index (χ3n) is 1.28. The zero-order valence-electron chi connectivity index (χ0n) is 6.46. The molecule has 12 heavy (non-hydrogen) atoms. The molecule has 0 unspecified atom stereocenters. The topological polar surface area (TPSA) is 23.8 Å². The highest BCUT2D eigenvalue weighted by Crippen LogP contribution is 2.21. The van der Waals surface area contributed by atoms with E-state index < -0.39 is 0 Å². The highest BCUT2D eigenvalue weighted by Gasteiger charge is 1.93. The van der Waals surface area contributed by atoms with Gasteiger partial charge in [0, 0.05) is 21.5 Å². The fourth-order valence-electron chi connectivity index (χ4n) is 0.771. The van der Waals surface area contributed by atoms with Crippen LogP contribution in [0.4, 0.5) is 0 Å². The van der Waals surface area contributed by atoms with Crippen molar-refractivity contribution in [2.24, 2.45) is 0 Å². The molecule has 1 aromatic carbocycles. The van der Waals surface area contributed by atoms with Crippen LogP contribution in [0.25, 0.3) is 0 Å². The first-order valence-corrected chi connectivity index (χ1v) is 5.36. The molecule has 0 amide bonds. The van der Waals surface area contributed by atoms with Gasteiger partial charge in [0.1, 0.15) is 0 Å². The summed E-state index contributed by atoms with van der Waals surface area (Å²) in [4.78, 5) is 1.21. The normalized spacial score (nSPS) is 9.33. The molecule has 62 valence electrons. The van der Waals surface area contributed by atoms with Gasteiger partial charge in [-0.3, -0.25) is 0 Å². The van der Waals surface area contributed by atoms with E-state index in [-0.39, 0.29) is 0 Å². The summed E-state index contributed by atoms with van der Waals surface area (Å²) in [5.74, 6) is 0.868. The Bertz CT molecular complexity index is 293. The highest BCUT2D eigenvalue weighted by molar-refractivity contribution is 9.10. The third kappa shape index (κ3) is 3.29. The molecule has 0 bridgehead atoms. The van der Waals surface area contributed by atoms with E-state index in [0.29, 0.717) is 6.42 Å². The number of hydrogen-bond donors (Lipinski definition) is 0. The van der Waals surface area contributed by atoms with Crippen molar-refractivity contribution in [3.63, 3.8) is 0 Å². The van der Waals surface area contributed by atoms with Gasteiger partial charge in [0.25, 0.3) is 0 Å². The molecule has 0 aliphatic carbocycles. The summed E-state index contributed by atoms with van der Waals surface area (Å²) in [5.41, 5.74) is 0. The summed E-state index contributed by atoms with van der Waals surface area (Å²) in [6.45, 7) is 0. The van der Waals surface area contributed by atoms with Gasteiger partial charge in [0.15, 0.2) is 0 Å². The monoisotopic (exact) mass is 241 g/mol. The average molecular weight is 242 g/mol. The average Bonchev–Trinajstić information content (AvgIpc) is 2.05. The van der Waals surface area contributed by atoms with E-state index in [4.69, 9.17) is 5.26 Å². The third-order valence-corrected chi connectivity index (χ3v) is 2.77. The molecule has 0 saturated heterocycles. The van der Waals surface area contributed by atoms with E-state index >= 15 is 0 Å². The molecule has 1 nitrogen and oxygen atoms in total. The molecule has 0 N–H and O–H groups in total. The zero-order valence-corrected chi connectivity index (χ0v) is 8.86. The molecule has 1 rings (SSSR count). The van der Waals surface area contributed by atoms with Crippen molar-refractivity contribution < 1.29 is 0 Å². The lowest BCUT2D eigenvalue weighted by Crippen LogP contribution is -1.76. The smallest absolute Gasteiger partial charge is 0.0630 e. The molecule has 0 atom stereocenters. The van der Waals surface area contributed by atoms with Crippen LogP contribution >= 0.6 is 27.7 Å². The number of rotatable bonds is 3. The zero-order chi connectivity index (χ0) is 8.81. The van der Waals surface area contributed by atoms with Crippen molar-refractivity contribution in [1.82, 2.24) is 0 Å². The lowest BCUT2D eigenvalue weighted by Gasteiger charge is -1.98. The molecule has 0 aliphatic rings. The first kappa shape index (κ1) is 9.63. The van der Waals surface area contributed by atoms with Crippen LogP contribution in [0.15, 0.2) is 33.6 Å². The number of halogens is 1. The minimum atomic E-state index is 0.608. The second kappa shape index (κ2) is 5.23. The molecular weight excluding hydrogens is 234 g/mol. The van der Waals surface area contributed by atoms with Gasteiger partial charge in [-0.1, -0.05) is 22.0 Å². The second-order valence-corrected chi connectivity index (χ2v) is 4.30. The van der Waals surface area contributed by atoms with Crippen LogP contribution in [-0.4, -0.2) is 5.75 Å². The Kier molecular flexibility index (Phi) is 4.20. The number of thioether (sulfide) groups is 1. The van der Waals surface area contributed by atoms with Gasteiger partial charge in [0.05, 0.1) is 6.07 Å². The summed E-state index contributed by atoms with van der Waals surface area (Å²) < 4.78 is 1.09. The van der Waals surface area contributed by atoms with Crippen LogP contribution in [0.2, 0.25) is 0 Å². The van der Waals surface area contributed by atoms with Crippen LogP contribution in [0.3, 0.4) is 0 Å². The minimum absolute atomic E-state index is 0.608. The van der Waals surface area contributed by atoms with Crippen LogP contribution in [0.5, 0.6) is 0 Å². The molecule has 0 fully saturated rings.